The molecule has 20 heavy (non-hydrogen) atoms. The Morgan fingerprint density at radius 2 is 1.90 bits per heavy atom. The molecule has 7 heteroatoms. The van der Waals surface area contributed by atoms with E-state index in [1.165, 1.54) is 19.2 Å². The number of esters is 1. The first kappa shape index (κ1) is 16.9. The Kier molecular flexibility index (Phi) is 5.10. The Bertz CT molecular complexity index is 528. The highest BCUT2D eigenvalue weighted by Crippen LogP contribution is 2.52. The molecule has 0 heterocycles. The van der Waals surface area contributed by atoms with Crippen LogP contribution in [0.4, 0.5) is 0 Å². The Labute approximate surface area is 117 Å². The third-order valence-corrected chi connectivity index (χ3v) is 3.61. The molecule has 0 aliphatic carbocycles. The van der Waals surface area contributed by atoms with Gasteiger partial charge in [0.1, 0.15) is 5.75 Å². The highest BCUT2D eigenvalue weighted by atomic mass is 31.2. The number of benzene rings is 1. The monoisotopic (exact) mass is 302 g/mol. The number of rotatable bonds is 4. The van der Waals surface area contributed by atoms with E-state index < -0.39 is 24.8 Å². The van der Waals surface area contributed by atoms with Crippen molar-refractivity contribution in [3.8, 4) is 5.75 Å². The predicted octanol–water partition coefficient (Wildman–Crippen LogP) is 2.46. The molecule has 1 unspecified atom stereocenters. The lowest BCUT2D eigenvalue weighted by Crippen LogP contribution is -2.25. The van der Waals surface area contributed by atoms with Crippen LogP contribution in [0, 0.1) is 5.41 Å². The second-order valence-electron chi connectivity index (χ2n) is 5.39. The SMILES string of the molecule is COC(c1cccc(OC(=O)C(C)(C)C)c1)P(=O)(O)O. The van der Waals surface area contributed by atoms with E-state index in [-0.39, 0.29) is 11.3 Å². The van der Waals surface area contributed by atoms with Gasteiger partial charge in [0.2, 0.25) is 0 Å². The van der Waals surface area contributed by atoms with Crippen molar-refractivity contribution in [2.45, 2.75) is 26.6 Å². The van der Waals surface area contributed by atoms with E-state index >= 15 is 0 Å². The number of carbonyl (C=O) groups is 1. The molecule has 1 rings (SSSR count). The average molecular weight is 302 g/mol. The van der Waals surface area contributed by atoms with Gasteiger partial charge < -0.3 is 19.3 Å². The molecule has 1 atom stereocenters. The molecule has 0 fully saturated rings. The minimum Gasteiger partial charge on any atom is -0.426 e. The van der Waals surface area contributed by atoms with E-state index in [9.17, 15) is 19.1 Å². The molecule has 0 aromatic heterocycles. The van der Waals surface area contributed by atoms with Crippen LogP contribution in [0.5, 0.6) is 5.75 Å². The van der Waals surface area contributed by atoms with Crippen LogP contribution < -0.4 is 4.74 Å². The molecule has 0 radical (unpaired) electrons. The first-order valence-corrected chi connectivity index (χ1v) is 7.64. The van der Waals surface area contributed by atoms with Crippen molar-refractivity contribution in [2.75, 3.05) is 7.11 Å². The minimum atomic E-state index is -4.45. The smallest absolute Gasteiger partial charge is 0.358 e. The summed E-state index contributed by atoms with van der Waals surface area (Å²) >= 11 is 0. The molecule has 2 N–H and O–H groups in total. The Morgan fingerprint density at radius 1 is 1.30 bits per heavy atom. The summed E-state index contributed by atoms with van der Waals surface area (Å²) in [6.07, 6.45) is 0. The van der Waals surface area contributed by atoms with Crippen LogP contribution >= 0.6 is 7.60 Å². The third-order valence-electron chi connectivity index (χ3n) is 2.49. The summed E-state index contributed by atoms with van der Waals surface area (Å²) in [5.74, 6) is -1.59. The van der Waals surface area contributed by atoms with Crippen molar-refractivity contribution in [2.24, 2.45) is 5.41 Å². The van der Waals surface area contributed by atoms with Gasteiger partial charge in [0.25, 0.3) is 0 Å². The Morgan fingerprint density at radius 3 is 2.35 bits per heavy atom. The van der Waals surface area contributed by atoms with Crippen LogP contribution in [0.25, 0.3) is 0 Å². The van der Waals surface area contributed by atoms with Crippen LogP contribution in [0.1, 0.15) is 32.2 Å². The van der Waals surface area contributed by atoms with Gasteiger partial charge in [-0.05, 0) is 38.5 Å². The second-order valence-corrected chi connectivity index (χ2v) is 7.04. The Hall–Kier alpha value is -1.20. The van der Waals surface area contributed by atoms with Crippen molar-refractivity contribution in [3.63, 3.8) is 0 Å². The molecular weight excluding hydrogens is 283 g/mol. The second kappa shape index (κ2) is 6.06. The number of methoxy groups -OCH3 is 1. The number of hydrogen-bond donors (Lipinski definition) is 2. The predicted molar refractivity (Wildman–Crippen MR) is 73.3 cm³/mol. The Balaban J connectivity index is 3.02. The molecule has 1 aromatic rings. The zero-order chi connectivity index (χ0) is 15.6. The molecular formula is C13H19O6P. The maximum atomic E-state index is 11.8. The van der Waals surface area contributed by atoms with Gasteiger partial charge in [0.05, 0.1) is 5.41 Å². The van der Waals surface area contributed by atoms with Crippen molar-refractivity contribution >= 4 is 13.6 Å². The van der Waals surface area contributed by atoms with Gasteiger partial charge in [-0.15, -0.1) is 0 Å². The molecule has 1 aromatic carbocycles. The quantitative estimate of drug-likeness (QED) is 0.504. The maximum absolute atomic E-state index is 11.8. The zero-order valence-electron chi connectivity index (χ0n) is 11.9. The van der Waals surface area contributed by atoms with Crippen LogP contribution in [-0.4, -0.2) is 22.9 Å². The van der Waals surface area contributed by atoms with Crippen molar-refractivity contribution in [1.82, 2.24) is 0 Å². The van der Waals surface area contributed by atoms with Gasteiger partial charge in [0.15, 0.2) is 5.85 Å². The van der Waals surface area contributed by atoms with E-state index in [1.807, 2.05) is 0 Å². The first-order chi connectivity index (χ1) is 9.05. The highest BCUT2D eigenvalue weighted by molar-refractivity contribution is 7.52. The summed E-state index contributed by atoms with van der Waals surface area (Å²) < 4.78 is 21.3. The molecule has 0 saturated carbocycles. The summed E-state index contributed by atoms with van der Waals surface area (Å²) in [4.78, 5) is 30.2. The van der Waals surface area contributed by atoms with Gasteiger partial charge in [0, 0.05) is 7.11 Å². The van der Waals surface area contributed by atoms with Gasteiger partial charge in [-0.25, -0.2) is 0 Å². The fraction of sp³-hybridized carbons (Fsp3) is 0.462. The first-order valence-electron chi connectivity index (χ1n) is 5.96. The van der Waals surface area contributed by atoms with Crippen LogP contribution in [0.15, 0.2) is 24.3 Å². The van der Waals surface area contributed by atoms with Crippen molar-refractivity contribution in [1.29, 1.82) is 0 Å². The number of ether oxygens (including phenoxy) is 2. The summed E-state index contributed by atoms with van der Waals surface area (Å²) in [5, 5.41) is 0. The lowest BCUT2D eigenvalue weighted by atomic mass is 9.97. The lowest BCUT2D eigenvalue weighted by Gasteiger charge is -2.19. The third kappa shape index (κ3) is 4.42. The van der Waals surface area contributed by atoms with Crippen LogP contribution in [0.2, 0.25) is 0 Å². The van der Waals surface area contributed by atoms with Crippen LogP contribution in [-0.2, 0) is 14.1 Å². The number of hydrogen-bond acceptors (Lipinski definition) is 4. The summed E-state index contributed by atoms with van der Waals surface area (Å²) in [7, 11) is -3.24. The van der Waals surface area contributed by atoms with Crippen LogP contribution in [0.3, 0.4) is 0 Å². The van der Waals surface area contributed by atoms with E-state index in [4.69, 9.17) is 9.47 Å². The summed E-state index contributed by atoms with van der Waals surface area (Å²) in [5.41, 5.74) is -0.417. The van der Waals surface area contributed by atoms with E-state index in [0.717, 1.165) is 0 Å². The van der Waals surface area contributed by atoms with Crippen molar-refractivity contribution < 1.29 is 28.6 Å². The molecule has 0 aliphatic heterocycles. The highest BCUT2D eigenvalue weighted by Gasteiger charge is 2.31. The van der Waals surface area contributed by atoms with Gasteiger partial charge >= 0.3 is 13.6 Å². The average Bonchev–Trinajstić information content (AvgIpc) is 2.27. The largest absolute Gasteiger partial charge is 0.426 e. The lowest BCUT2D eigenvalue weighted by molar-refractivity contribution is -0.143. The fourth-order valence-electron chi connectivity index (χ4n) is 1.46. The van der Waals surface area contributed by atoms with E-state index in [2.05, 4.69) is 0 Å². The number of carbonyl (C=O) groups excluding carboxylic acids is 1. The summed E-state index contributed by atoms with van der Waals surface area (Å²) in [6.45, 7) is 5.15. The van der Waals surface area contributed by atoms with Gasteiger partial charge in [-0.1, -0.05) is 12.1 Å². The minimum absolute atomic E-state index is 0.220. The van der Waals surface area contributed by atoms with Gasteiger partial charge in [-0.2, -0.15) is 0 Å². The molecule has 0 amide bonds. The topological polar surface area (TPSA) is 93.1 Å². The molecule has 0 bridgehead atoms. The fourth-order valence-corrected chi connectivity index (χ4v) is 2.28. The molecule has 0 spiro atoms. The standard InChI is InChI=1S/C13H19O6P/c1-13(2,3)12(14)19-10-7-5-6-9(8-10)11(18-4)20(15,16)17/h5-8,11H,1-4H3,(H2,15,16,17). The van der Waals surface area contributed by atoms with Crippen molar-refractivity contribution in [3.05, 3.63) is 29.8 Å². The molecule has 6 nitrogen and oxygen atoms in total. The zero-order valence-corrected chi connectivity index (χ0v) is 12.8. The van der Waals surface area contributed by atoms with E-state index in [0.29, 0.717) is 0 Å². The summed E-state index contributed by atoms with van der Waals surface area (Å²) in [6, 6.07) is 5.97. The molecule has 112 valence electrons. The normalized spacial score (nSPS) is 13.9. The molecule has 0 aliphatic rings. The maximum Gasteiger partial charge on any atom is 0.358 e. The van der Waals surface area contributed by atoms with Gasteiger partial charge in [-0.3, -0.25) is 9.36 Å². The van der Waals surface area contributed by atoms with E-state index in [1.54, 1.807) is 32.9 Å². The molecule has 0 saturated heterocycles.